The van der Waals surface area contributed by atoms with Gasteiger partial charge in [-0.25, -0.2) is 8.78 Å². The third-order valence-corrected chi connectivity index (χ3v) is 2.35. The van der Waals surface area contributed by atoms with Crippen LogP contribution in [0.15, 0.2) is 24.3 Å². The number of alkyl halides is 2. The Balaban J connectivity index is 2.94. The standard InChI is InChI=1S/C12H15F2NO3/c1-18-10-5-3-2-4-9(10)12(17)15(6-7-16)8-11(13)14/h2-5,11,16H,6-8H2,1H3. The van der Waals surface area contributed by atoms with Crippen molar-refractivity contribution in [3.63, 3.8) is 0 Å². The van der Waals surface area contributed by atoms with Crippen molar-refractivity contribution in [3.8, 4) is 5.75 Å². The molecular formula is C12H15F2NO3. The molecule has 0 aliphatic heterocycles. The Morgan fingerprint density at radius 3 is 2.67 bits per heavy atom. The molecule has 6 heteroatoms. The zero-order valence-corrected chi connectivity index (χ0v) is 9.97. The van der Waals surface area contributed by atoms with Crippen LogP contribution in [0.5, 0.6) is 5.75 Å². The highest BCUT2D eigenvalue weighted by Crippen LogP contribution is 2.19. The Kier molecular flexibility index (Phi) is 5.51. The molecule has 1 rings (SSSR count). The summed E-state index contributed by atoms with van der Waals surface area (Å²) in [7, 11) is 1.40. The van der Waals surface area contributed by atoms with Gasteiger partial charge in [0.25, 0.3) is 12.3 Å². The molecule has 0 radical (unpaired) electrons. The molecule has 18 heavy (non-hydrogen) atoms. The van der Waals surface area contributed by atoms with E-state index in [4.69, 9.17) is 9.84 Å². The molecular weight excluding hydrogens is 244 g/mol. The van der Waals surface area contributed by atoms with Gasteiger partial charge in [-0.3, -0.25) is 4.79 Å². The number of para-hydroxylation sites is 1. The van der Waals surface area contributed by atoms with E-state index in [0.717, 1.165) is 4.90 Å². The maximum absolute atomic E-state index is 12.4. The Morgan fingerprint density at radius 1 is 1.44 bits per heavy atom. The largest absolute Gasteiger partial charge is 0.496 e. The van der Waals surface area contributed by atoms with Crippen LogP contribution in [0.2, 0.25) is 0 Å². The number of ether oxygens (including phenoxy) is 1. The van der Waals surface area contributed by atoms with Crippen LogP contribution in [0.4, 0.5) is 8.78 Å². The molecule has 0 saturated heterocycles. The first-order chi connectivity index (χ1) is 8.60. The maximum Gasteiger partial charge on any atom is 0.257 e. The number of nitrogens with zero attached hydrogens (tertiary/aromatic N) is 1. The van der Waals surface area contributed by atoms with Gasteiger partial charge in [-0.15, -0.1) is 0 Å². The summed E-state index contributed by atoms with van der Waals surface area (Å²) in [6.07, 6.45) is -2.64. The molecule has 0 aromatic heterocycles. The van der Waals surface area contributed by atoms with E-state index in [-0.39, 0.29) is 18.7 Å². The van der Waals surface area contributed by atoms with Crippen LogP contribution in [0, 0.1) is 0 Å². The average Bonchev–Trinajstić information content (AvgIpc) is 2.37. The van der Waals surface area contributed by atoms with Gasteiger partial charge in [0.05, 0.1) is 25.8 Å². The van der Waals surface area contributed by atoms with Gasteiger partial charge in [0.15, 0.2) is 0 Å². The van der Waals surface area contributed by atoms with Gasteiger partial charge in [-0.1, -0.05) is 12.1 Å². The molecule has 100 valence electrons. The second-order valence-corrected chi connectivity index (χ2v) is 3.57. The van der Waals surface area contributed by atoms with E-state index in [1.165, 1.54) is 13.2 Å². The first kappa shape index (κ1) is 14.4. The highest BCUT2D eigenvalue weighted by molar-refractivity contribution is 5.96. The molecule has 0 heterocycles. The first-order valence-electron chi connectivity index (χ1n) is 5.41. The van der Waals surface area contributed by atoms with Gasteiger partial charge in [0, 0.05) is 6.54 Å². The minimum Gasteiger partial charge on any atom is -0.496 e. The maximum atomic E-state index is 12.4. The summed E-state index contributed by atoms with van der Waals surface area (Å²) in [5, 5.41) is 8.80. The van der Waals surface area contributed by atoms with Crippen molar-refractivity contribution in [1.82, 2.24) is 4.90 Å². The summed E-state index contributed by atoms with van der Waals surface area (Å²) in [5.74, 6) is -0.262. The van der Waals surface area contributed by atoms with Gasteiger partial charge in [-0.05, 0) is 12.1 Å². The van der Waals surface area contributed by atoms with Gasteiger partial charge < -0.3 is 14.7 Å². The third-order valence-electron chi connectivity index (χ3n) is 2.35. The van der Waals surface area contributed by atoms with Crippen molar-refractivity contribution in [3.05, 3.63) is 29.8 Å². The highest BCUT2D eigenvalue weighted by atomic mass is 19.3. The number of hydrogen-bond acceptors (Lipinski definition) is 3. The van der Waals surface area contributed by atoms with E-state index >= 15 is 0 Å². The number of rotatable bonds is 6. The normalized spacial score (nSPS) is 10.5. The van der Waals surface area contributed by atoms with Crippen molar-refractivity contribution < 1.29 is 23.4 Å². The zero-order chi connectivity index (χ0) is 13.5. The van der Waals surface area contributed by atoms with Gasteiger partial charge in [0.2, 0.25) is 0 Å². The van der Waals surface area contributed by atoms with Gasteiger partial charge >= 0.3 is 0 Å². The lowest BCUT2D eigenvalue weighted by Gasteiger charge is -2.22. The average molecular weight is 259 g/mol. The number of carbonyl (C=O) groups excluding carboxylic acids is 1. The summed E-state index contributed by atoms with van der Waals surface area (Å²) >= 11 is 0. The monoisotopic (exact) mass is 259 g/mol. The molecule has 0 fully saturated rings. The van der Waals surface area contributed by atoms with Crippen molar-refractivity contribution >= 4 is 5.91 Å². The second kappa shape index (κ2) is 6.90. The summed E-state index contributed by atoms with van der Waals surface area (Å²) in [6.45, 7) is -1.22. The van der Waals surface area contributed by atoms with Crippen LogP contribution >= 0.6 is 0 Å². The first-order valence-corrected chi connectivity index (χ1v) is 5.41. The number of aliphatic hydroxyl groups excluding tert-OH is 1. The molecule has 0 saturated carbocycles. The lowest BCUT2D eigenvalue weighted by molar-refractivity contribution is 0.0506. The summed E-state index contributed by atoms with van der Waals surface area (Å²) in [5.41, 5.74) is 0.203. The smallest absolute Gasteiger partial charge is 0.257 e. The molecule has 0 aliphatic rings. The Bertz CT molecular complexity index is 399. The molecule has 4 nitrogen and oxygen atoms in total. The summed E-state index contributed by atoms with van der Waals surface area (Å²) in [6, 6.07) is 6.37. The Morgan fingerprint density at radius 2 is 2.11 bits per heavy atom. The van der Waals surface area contributed by atoms with E-state index in [2.05, 4.69) is 0 Å². The molecule has 0 aliphatic carbocycles. The van der Waals surface area contributed by atoms with Crippen LogP contribution in [-0.4, -0.2) is 49.1 Å². The topological polar surface area (TPSA) is 49.8 Å². The van der Waals surface area contributed by atoms with Crippen LogP contribution in [0.1, 0.15) is 10.4 Å². The third kappa shape index (κ3) is 3.66. The van der Waals surface area contributed by atoms with Crippen molar-refractivity contribution in [2.24, 2.45) is 0 Å². The van der Waals surface area contributed by atoms with Crippen LogP contribution < -0.4 is 4.74 Å². The van der Waals surface area contributed by atoms with Crippen LogP contribution in [0.3, 0.4) is 0 Å². The quantitative estimate of drug-likeness (QED) is 0.840. The zero-order valence-electron chi connectivity index (χ0n) is 9.97. The lowest BCUT2D eigenvalue weighted by atomic mass is 10.1. The number of amides is 1. The van der Waals surface area contributed by atoms with E-state index in [9.17, 15) is 13.6 Å². The van der Waals surface area contributed by atoms with E-state index in [1.54, 1.807) is 18.2 Å². The number of hydrogen-bond donors (Lipinski definition) is 1. The molecule has 0 unspecified atom stereocenters. The fraction of sp³-hybridized carbons (Fsp3) is 0.417. The molecule has 0 spiro atoms. The number of carbonyl (C=O) groups is 1. The molecule has 1 amide bonds. The highest BCUT2D eigenvalue weighted by Gasteiger charge is 2.21. The minimum atomic E-state index is -2.64. The molecule has 1 N–H and O–H groups in total. The van der Waals surface area contributed by atoms with Gasteiger partial charge in [-0.2, -0.15) is 0 Å². The number of methoxy groups -OCH3 is 1. The van der Waals surface area contributed by atoms with E-state index in [0.29, 0.717) is 5.75 Å². The lowest BCUT2D eigenvalue weighted by Crippen LogP contribution is -2.37. The Labute approximate surface area is 104 Å². The van der Waals surface area contributed by atoms with E-state index in [1.807, 2.05) is 0 Å². The SMILES string of the molecule is COc1ccccc1C(=O)N(CCO)CC(F)F. The minimum absolute atomic E-state index is 0.138. The van der Waals surface area contributed by atoms with Gasteiger partial charge in [0.1, 0.15) is 5.75 Å². The molecule has 0 atom stereocenters. The molecule has 1 aromatic rings. The number of aliphatic hydroxyl groups is 1. The van der Waals surface area contributed by atoms with Crippen molar-refractivity contribution in [2.45, 2.75) is 6.43 Å². The predicted molar refractivity (Wildman–Crippen MR) is 62.0 cm³/mol. The summed E-state index contributed by atoms with van der Waals surface area (Å²) < 4.78 is 29.7. The fourth-order valence-corrected chi connectivity index (χ4v) is 1.55. The summed E-state index contributed by atoms with van der Waals surface area (Å²) in [4.78, 5) is 13.0. The van der Waals surface area contributed by atoms with E-state index < -0.39 is 18.9 Å². The number of halogens is 2. The number of benzene rings is 1. The second-order valence-electron chi connectivity index (χ2n) is 3.57. The Hall–Kier alpha value is -1.69. The molecule has 0 bridgehead atoms. The van der Waals surface area contributed by atoms with Crippen molar-refractivity contribution in [2.75, 3.05) is 26.8 Å². The van der Waals surface area contributed by atoms with Crippen LogP contribution in [-0.2, 0) is 0 Å². The molecule has 1 aromatic carbocycles. The van der Waals surface area contributed by atoms with Crippen LogP contribution in [0.25, 0.3) is 0 Å². The van der Waals surface area contributed by atoms with Crippen molar-refractivity contribution in [1.29, 1.82) is 0 Å². The fourth-order valence-electron chi connectivity index (χ4n) is 1.55. The predicted octanol–water partition coefficient (Wildman–Crippen LogP) is 1.39.